The van der Waals surface area contributed by atoms with Crippen molar-refractivity contribution >= 4 is 21.6 Å². The van der Waals surface area contributed by atoms with Gasteiger partial charge < -0.3 is 10.1 Å². The van der Waals surface area contributed by atoms with Crippen molar-refractivity contribution in [3.63, 3.8) is 0 Å². The van der Waals surface area contributed by atoms with E-state index in [0.717, 1.165) is 24.3 Å². The van der Waals surface area contributed by atoms with Gasteiger partial charge in [0, 0.05) is 31.9 Å². The number of halogens is 3. The van der Waals surface area contributed by atoms with Crippen molar-refractivity contribution in [2.24, 2.45) is 0 Å². The SMILES string of the molecule is COc1ccc(NC(=O)CN2CCN(S(=O)(=O)c3ccc(C(F)(F)F)cc3)CC2)cc1. The number of alkyl halides is 3. The second-order valence-electron chi connectivity index (χ2n) is 6.98. The summed E-state index contributed by atoms with van der Waals surface area (Å²) in [6, 6.07) is 10.3. The quantitative estimate of drug-likeness (QED) is 0.722. The van der Waals surface area contributed by atoms with Crippen LogP contribution < -0.4 is 10.1 Å². The van der Waals surface area contributed by atoms with Gasteiger partial charge in [0.15, 0.2) is 0 Å². The third kappa shape index (κ3) is 5.75. The number of nitrogens with one attached hydrogen (secondary N) is 1. The van der Waals surface area contributed by atoms with E-state index in [9.17, 15) is 26.4 Å². The lowest BCUT2D eigenvalue weighted by molar-refractivity contribution is -0.137. The molecule has 1 heterocycles. The zero-order valence-corrected chi connectivity index (χ0v) is 17.5. The van der Waals surface area contributed by atoms with Gasteiger partial charge in [-0.25, -0.2) is 8.42 Å². The molecule has 31 heavy (non-hydrogen) atoms. The van der Waals surface area contributed by atoms with Crippen molar-refractivity contribution in [2.75, 3.05) is 45.2 Å². The van der Waals surface area contributed by atoms with Crippen LogP contribution >= 0.6 is 0 Å². The van der Waals surface area contributed by atoms with Crippen molar-refractivity contribution in [2.45, 2.75) is 11.1 Å². The molecule has 2 aromatic carbocycles. The summed E-state index contributed by atoms with van der Waals surface area (Å²) in [5.74, 6) is 0.438. The maximum Gasteiger partial charge on any atom is 0.416 e. The van der Waals surface area contributed by atoms with E-state index in [1.165, 1.54) is 4.31 Å². The molecule has 0 unspecified atom stereocenters. The van der Waals surface area contributed by atoms with E-state index >= 15 is 0 Å². The highest BCUT2D eigenvalue weighted by Crippen LogP contribution is 2.30. The van der Waals surface area contributed by atoms with Gasteiger partial charge in [-0.1, -0.05) is 0 Å². The zero-order chi connectivity index (χ0) is 22.6. The summed E-state index contributed by atoms with van der Waals surface area (Å²) in [6.07, 6.45) is -4.53. The predicted molar refractivity (Wildman–Crippen MR) is 108 cm³/mol. The second kappa shape index (κ2) is 9.25. The third-order valence-electron chi connectivity index (χ3n) is 4.89. The molecule has 0 bridgehead atoms. The van der Waals surface area contributed by atoms with Gasteiger partial charge in [-0.05, 0) is 48.5 Å². The number of benzene rings is 2. The Kier molecular flexibility index (Phi) is 6.87. The first-order valence-electron chi connectivity index (χ1n) is 9.43. The summed E-state index contributed by atoms with van der Waals surface area (Å²) in [5, 5.41) is 2.77. The van der Waals surface area contributed by atoms with Crippen LogP contribution in [0.5, 0.6) is 5.75 Å². The summed E-state index contributed by atoms with van der Waals surface area (Å²) in [5.41, 5.74) is -0.284. The molecule has 1 aliphatic rings. The average molecular weight is 457 g/mol. The Morgan fingerprint density at radius 1 is 1.00 bits per heavy atom. The van der Waals surface area contributed by atoms with Crippen molar-refractivity contribution in [1.82, 2.24) is 9.21 Å². The van der Waals surface area contributed by atoms with Crippen LogP contribution in [-0.4, -0.2) is 63.4 Å². The number of sulfonamides is 1. The van der Waals surface area contributed by atoms with Gasteiger partial charge in [-0.3, -0.25) is 9.69 Å². The summed E-state index contributed by atoms with van der Waals surface area (Å²) in [4.78, 5) is 13.9. The fourth-order valence-corrected chi connectivity index (χ4v) is 4.59. The number of amides is 1. The highest BCUT2D eigenvalue weighted by molar-refractivity contribution is 7.89. The number of carbonyl (C=O) groups is 1. The second-order valence-corrected chi connectivity index (χ2v) is 8.92. The molecule has 168 valence electrons. The zero-order valence-electron chi connectivity index (χ0n) is 16.7. The molecule has 0 aliphatic carbocycles. The molecule has 0 saturated carbocycles. The van der Waals surface area contributed by atoms with Crippen LogP contribution in [0.4, 0.5) is 18.9 Å². The van der Waals surface area contributed by atoms with E-state index in [-0.39, 0.29) is 30.4 Å². The fourth-order valence-electron chi connectivity index (χ4n) is 3.17. The molecule has 1 amide bonds. The molecule has 0 atom stereocenters. The van der Waals surface area contributed by atoms with Crippen molar-refractivity contribution in [1.29, 1.82) is 0 Å². The molecule has 1 N–H and O–H groups in total. The number of methoxy groups -OCH3 is 1. The summed E-state index contributed by atoms with van der Waals surface area (Å²) in [6.45, 7) is 1.03. The summed E-state index contributed by atoms with van der Waals surface area (Å²) < 4.78 is 69.7. The van der Waals surface area contributed by atoms with Crippen LogP contribution in [0.1, 0.15) is 5.56 Å². The minimum Gasteiger partial charge on any atom is -0.497 e. The smallest absolute Gasteiger partial charge is 0.416 e. The van der Waals surface area contributed by atoms with E-state index in [4.69, 9.17) is 4.74 Å². The number of hydrogen-bond donors (Lipinski definition) is 1. The molecule has 0 aromatic heterocycles. The first kappa shape index (κ1) is 23.0. The number of carbonyl (C=O) groups excluding carboxylic acids is 1. The average Bonchev–Trinajstić information content (AvgIpc) is 2.74. The lowest BCUT2D eigenvalue weighted by Gasteiger charge is -2.33. The molecule has 1 aliphatic heterocycles. The highest BCUT2D eigenvalue weighted by Gasteiger charge is 2.32. The van der Waals surface area contributed by atoms with Gasteiger partial charge in [0.25, 0.3) is 0 Å². The van der Waals surface area contributed by atoms with Crippen molar-refractivity contribution in [3.05, 3.63) is 54.1 Å². The van der Waals surface area contributed by atoms with Crippen LogP contribution in [-0.2, 0) is 21.0 Å². The highest BCUT2D eigenvalue weighted by atomic mass is 32.2. The molecule has 7 nitrogen and oxygen atoms in total. The lowest BCUT2D eigenvalue weighted by Crippen LogP contribution is -2.50. The Bertz CT molecular complexity index is 1000. The molecule has 0 radical (unpaired) electrons. The third-order valence-corrected chi connectivity index (χ3v) is 6.80. The Labute approximate surface area is 178 Å². The Morgan fingerprint density at radius 3 is 2.10 bits per heavy atom. The molecule has 3 rings (SSSR count). The van der Waals surface area contributed by atoms with Gasteiger partial charge in [0.1, 0.15) is 5.75 Å². The monoisotopic (exact) mass is 457 g/mol. The maximum absolute atomic E-state index is 12.7. The van der Waals surface area contributed by atoms with Crippen LogP contribution in [0, 0.1) is 0 Å². The molecule has 1 fully saturated rings. The van der Waals surface area contributed by atoms with Crippen LogP contribution in [0.15, 0.2) is 53.4 Å². The molecule has 0 spiro atoms. The van der Waals surface area contributed by atoms with Crippen molar-refractivity contribution in [3.8, 4) is 5.75 Å². The summed E-state index contributed by atoms with van der Waals surface area (Å²) in [7, 11) is -2.36. The predicted octanol–water partition coefficient (Wildman–Crippen LogP) is 2.66. The van der Waals surface area contributed by atoms with E-state index in [0.29, 0.717) is 24.5 Å². The van der Waals surface area contributed by atoms with E-state index in [1.54, 1.807) is 31.4 Å². The molecule has 2 aromatic rings. The van der Waals surface area contributed by atoms with E-state index < -0.39 is 21.8 Å². The number of piperazine rings is 1. The van der Waals surface area contributed by atoms with Gasteiger partial charge in [-0.15, -0.1) is 0 Å². The molecular formula is C20H22F3N3O4S. The molecule has 1 saturated heterocycles. The van der Waals surface area contributed by atoms with Crippen molar-refractivity contribution < 1.29 is 31.1 Å². The van der Waals surface area contributed by atoms with Crippen LogP contribution in [0.25, 0.3) is 0 Å². The van der Waals surface area contributed by atoms with Gasteiger partial charge in [-0.2, -0.15) is 17.5 Å². The normalized spacial score (nSPS) is 16.1. The van der Waals surface area contributed by atoms with E-state index in [2.05, 4.69) is 5.32 Å². The maximum atomic E-state index is 12.7. The fraction of sp³-hybridized carbons (Fsp3) is 0.350. The van der Waals surface area contributed by atoms with E-state index in [1.807, 2.05) is 4.90 Å². The number of anilines is 1. The standard InChI is InChI=1S/C20H22F3N3O4S/c1-30-17-6-4-16(5-7-17)24-19(27)14-25-10-12-26(13-11-25)31(28,29)18-8-2-15(3-9-18)20(21,22)23/h2-9H,10-14H2,1H3,(H,24,27). The first-order chi connectivity index (χ1) is 14.6. The van der Waals surface area contributed by atoms with Crippen LogP contribution in [0.2, 0.25) is 0 Å². The van der Waals surface area contributed by atoms with Gasteiger partial charge in [0.2, 0.25) is 15.9 Å². The number of rotatable bonds is 6. The number of nitrogens with zero attached hydrogens (tertiary/aromatic N) is 2. The first-order valence-corrected chi connectivity index (χ1v) is 10.9. The summed E-state index contributed by atoms with van der Waals surface area (Å²) >= 11 is 0. The topological polar surface area (TPSA) is 79.0 Å². The largest absolute Gasteiger partial charge is 0.497 e. The molecule has 11 heteroatoms. The van der Waals surface area contributed by atoms with Gasteiger partial charge >= 0.3 is 6.18 Å². The number of ether oxygens (including phenoxy) is 1. The Hall–Kier alpha value is -2.63. The Morgan fingerprint density at radius 2 is 1.58 bits per heavy atom. The Balaban J connectivity index is 1.54. The minimum absolute atomic E-state index is 0.0974. The van der Waals surface area contributed by atoms with Crippen LogP contribution in [0.3, 0.4) is 0 Å². The molecular weight excluding hydrogens is 435 g/mol. The number of hydrogen-bond acceptors (Lipinski definition) is 5. The van der Waals surface area contributed by atoms with Gasteiger partial charge in [0.05, 0.1) is 24.1 Å². The minimum atomic E-state index is -4.53. The lowest BCUT2D eigenvalue weighted by atomic mass is 10.2.